The van der Waals surface area contributed by atoms with Gasteiger partial charge in [0.25, 0.3) is 5.69 Å². The molecule has 3 aromatic rings. The topological polar surface area (TPSA) is 106 Å². The third kappa shape index (κ3) is 4.53. The van der Waals surface area contributed by atoms with Crippen LogP contribution in [0.15, 0.2) is 42.5 Å². The highest BCUT2D eigenvalue weighted by Gasteiger charge is 2.29. The SMILES string of the molecule is Cc1[nH]c2ccccc2c1C(=O)[C@H](C)OC(=O)c1ccc(N2C[C@@H](C)C[C@H](C)C2)c([N+](=O)[O-])c1. The van der Waals surface area contributed by atoms with Crippen molar-refractivity contribution in [2.45, 2.75) is 40.2 Å². The van der Waals surface area contributed by atoms with E-state index >= 15 is 0 Å². The molecule has 0 unspecified atom stereocenters. The number of aromatic nitrogens is 1. The van der Waals surface area contributed by atoms with E-state index in [1.807, 2.05) is 29.2 Å². The minimum Gasteiger partial charge on any atom is -0.451 e. The van der Waals surface area contributed by atoms with Crippen molar-refractivity contribution < 1.29 is 19.2 Å². The lowest BCUT2D eigenvalue weighted by atomic mass is 9.91. The first-order valence-corrected chi connectivity index (χ1v) is 11.5. The maximum absolute atomic E-state index is 13.1. The Morgan fingerprint density at radius 3 is 2.50 bits per heavy atom. The lowest BCUT2D eigenvalue weighted by molar-refractivity contribution is -0.384. The Balaban J connectivity index is 1.55. The summed E-state index contributed by atoms with van der Waals surface area (Å²) < 4.78 is 5.44. The van der Waals surface area contributed by atoms with Gasteiger partial charge < -0.3 is 14.6 Å². The van der Waals surface area contributed by atoms with Crippen LogP contribution >= 0.6 is 0 Å². The zero-order valence-electron chi connectivity index (χ0n) is 19.8. The van der Waals surface area contributed by atoms with Crippen molar-refractivity contribution in [3.63, 3.8) is 0 Å². The number of nitro groups is 1. The van der Waals surface area contributed by atoms with Crippen molar-refractivity contribution in [3.05, 3.63) is 69.4 Å². The van der Waals surface area contributed by atoms with E-state index in [2.05, 4.69) is 18.8 Å². The Morgan fingerprint density at radius 2 is 1.82 bits per heavy atom. The third-order valence-corrected chi connectivity index (χ3v) is 6.41. The van der Waals surface area contributed by atoms with Crippen LogP contribution in [0.2, 0.25) is 0 Å². The van der Waals surface area contributed by atoms with E-state index in [0.717, 1.165) is 30.4 Å². The van der Waals surface area contributed by atoms with Crippen LogP contribution in [0.5, 0.6) is 0 Å². The molecule has 4 rings (SSSR count). The first-order valence-electron chi connectivity index (χ1n) is 11.5. The number of ketones is 1. The number of aromatic amines is 1. The van der Waals surface area contributed by atoms with E-state index < -0.39 is 17.0 Å². The van der Waals surface area contributed by atoms with Crippen molar-refractivity contribution in [1.82, 2.24) is 4.98 Å². The number of aryl methyl sites for hydroxylation is 1. The molecule has 0 radical (unpaired) electrons. The second-order valence-electron chi connectivity index (χ2n) is 9.39. The highest BCUT2D eigenvalue weighted by molar-refractivity contribution is 6.11. The molecule has 1 fully saturated rings. The van der Waals surface area contributed by atoms with Gasteiger partial charge >= 0.3 is 5.97 Å². The number of para-hydroxylation sites is 1. The molecule has 1 N–H and O–H groups in total. The summed E-state index contributed by atoms with van der Waals surface area (Å²) >= 11 is 0. The number of esters is 1. The number of nitrogens with one attached hydrogen (secondary N) is 1. The second-order valence-corrected chi connectivity index (χ2v) is 9.39. The highest BCUT2D eigenvalue weighted by atomic mass is 16.6. The average molecular weight is 464 g/mol. The fourth-order valence-electron chi connectivity index (χ4n) is 5.00. The third-order valence-electron chi connectivity index (χ3n) is 6.41. The number of hydrogen-bond donors (Lipinski definition) is 1. The first kappa shape index (κ1) is 23.5. The first-order chi connectivity index (χ1) is 16.2. The number of nitro benzene ring substituents is 1. The van der Waals surface area contributed by atoms with Gasteiger partial charge in [-0.15, -0.1) is 0 Å². The van der Waals surface area contributed by atoms with E-state index in [1.165, 1.54) is 19.1 Å². The van der Waals surface area contributed by atoms with Crippen LogP contribution in [0.25, 0.3) is 10.9 Å². The molecule has 8 nitrogen and oxygen atoms in total. The lowest BCUT2D eigenvalue weighted by Gasteiger charge is -2.36. The number of hydrogen-bond acceptors (Lipinski definition) is 6. The molecule has 3 atom stereocenters. The molecule has 0 amide bonds. The molecule has 1 aromatic heterocycles. The Morgan fingerprint density at radius 1 is 1.15 bits per heavy atom. The molecule has 0 spiro atoms. The quantitative estimate of drug-likeness (QED) is 0.230. The van der Waals surface area contributed by atoms with Crippen LogP contribution in [-0.4, -0.2) is 40.9 Å². The van der Waals surface area contributed by atoms with Crippen LogP contribution in [0, 0.1) is 28.9 Å². The number of piperidine rings is 1. The van der Waals surface area contributed by atoms with Gasteiger partial charge in [-0.1, -0.05) is 32.0 Å². The number of nitrogens with zero attached hydrogens (tertiary/aromatic N) is 2. The number of ether oxygens (including phenoxy) is 1. The number of Topliss-reactive ketones (excluding diaryl/α,β-unsaturated/α-hetero) is 1. The number of fused-ring (bicyclic) bond motifs is 1. The fourth-order valence-corrected chi connectivity index (χ4v) is 5.00. The summed E-state index contributed by atoms with van der Waals surface area (Å²) in [6.07, 6.45) is 0.0317. The van der Waals surface area contributed by atoms with Gasteiger partial charge in [0.05, 0.1) is 10.5 Å². The van der Waals surface area contributed by atoms with Gasteiger partial charge in [0.15, 0.2) is 6.10 Å². The molecule has 2 heterocycles. The smallest absolute Gasteiger partial charge is 0.339 e. The number of carbonyl (C=O) groups is 2. The standard InChI is InChI=1S/C26H29N3O5/c1-15-11-16(2)14-28(13-15)22-10-9-19(12-23(22)29(32)33)26(31)34-18(4)25(30)24-17(3)27-21-8-6-5-7-20(21)24/h5-10,12,15-16,18,27H,11,13-14H2,1-4H3/t15-,16-,18-/m0/s1. The predicted molar refractivity (Wildman–Crippen MR) is 130 cm³/mol. The Hall–Kier alpha value is -3.68. The second kappa shape index (κ2) is 9.29. The number of benzene rings is 2. The van der Waals surface area contributed by atoms with E-state index in [9.17, 15) is 19.7 Å². The maximum Gasteiger partial charge on any atom is 0.339 e. The highest BCUT2D eigenvalue weighted by Crippen LogP contribution is 2.34. The lowest BCUT2D eigenvalue weighted by Crippen LogP contribution is -2.39. The summed E-state index contributed by atoms with van der Waals surface area (Å²) in [5, 5.41) is 12.6. The van der Waals surface area contributed by atoms with Crippen molar-refractivity contribution >= 4 is 34.0 Å². The van der Waals surface area contributed by atoms with E-state index in [-0.39, 0.29) is 17.0 Å². The van der Waals surface area contributed by atoms with Gasteiger partial charge in [-0.3, -0.25) is 14.9 Å². The fraction of sp³-hybridized carbons (Fsp3) is 0.385. The molecule has 8 heteroatoms. The van der Waals surface area contributed by atoms with Crippen LogP contribution in [0.3, 0.4) is 0 Å². The normalized spacial score (nSPS) is 19.1. The molecule has 34 heavy (non-hydrogen) atoms. The summed E-state index contributed by atoms with van der Waals surface area (Å²) in [6.45, 7) is 9.03. The minimum atomic E-state index is -1.05. The van der Waals surface area contributed by atoms with Crippen LogP contribution in [0.4, 0.5) is 11.4 Å². The van der Waals surface area contributed by atoms with E-state index in [0.29, 0.717) is 28.8 Å². The van der Waals surface area contributed by atoms with Crippen LogP contribution < -0.4 is 4.90 Å². The summed E-state index contributed by atoms with van der Waals surface area (Å²) in [5.41, 5.74) is 2.41. The molecular weight excluding hydrogens is 434 g/mol. The van der Waals surface area contributed by atoms with Gasteiger partial charge in [0.1, 0.15) is 5.69 Å². The maximum atomic E-state index is 13.1. The molecule has 2 aromatic carbocycles. The Kier molecular flexibility index (Phi) is 6.41. The molecule has 1 saturated heterocycles. The molecule has 0 saturated carbocycles. The minimum absolute atomic E-state index is 0.0452. The number of anilines is 1. The molecule has 0 aliphatic carbocycles. The number of carbonyl (C=O) groups excluding carboxylic acids is 2. The molecule has 1 aliphatic heterocycles. The van der Waals surface area contributed by atoms with Crippen molar-refractivity contribution in [2.75, 3.05) is 18.0 Å². The zero-order chi connectivity index (χ0) is 24.6. The van der Waals surface area contributed by atoms with E-state index in [4.69, 9.17) is 4.74 Å². The van der Waals surface area contributed by atoms with Gasteiger partial charge in [-0.2, -0.15) is 0 Å². The van der Waals surface area contributed by atoms with Crippen LogP contribution in [0.1, 0.15) is 53.6 Å². The summed E-state index contributed by atoms with van der Waals surface area (Å²) in [4.78, 5) is 42.4. The largest absolute Gasteiger partial charge is 0.451 e. The van der Waals surface area contributed by atoms with Gasteiger partial charge in [-0.25, -0.2) is 4.79 Å². The molecular formula is C26H29N3O5. The number of rotatable bonds is 6. The molecule has 1 aliphatic rings. The average Bonchev–Trinajstić information content (AvgIpc) is 3.12. The van der Waals surface area contributed by atoms with Gasteiger partial charge in [-0.05, 0) is 50.3 Å². The van der Waals surface area contributed by atoms with Gasteiger partial charge in [0.2, 0.25) is 5.78 Å². The van der Waals surface area contributed by atoms with Gasteiger partial charge in [0, 0.05) is 41.3 Å². The number of H-pyrrole nitrogens is 1. The molecule has 0 bridgehead atoms. The predicted octanol–water partition coefficient (Wildman–Crippen LogP) is 5.30. The summed E-state index contributed by atoms with van der Waals surface area (Å²) in [7, 11) is 0. The monoisotopic (exact) mass is 463 g/mol. The van der Waals surface area contributed by atoms with Crippen molar-refractivity contribution in [1.29, 1.82) is 0 Å². The van der Waals surface area contributed by atoms with Crippen molar-refractivity contribution in [3.8, 4) is 0 Å². The summed E-state index contributed by atoms with van der Waals surface area (Å²) in [6, 6.07) is 11.8. The zero-order valence-corrected chi connectivity index (χ0v) is 19.8. The summed E-state index contributed by atoms with van der Waals surface area (Å²) in [5.74, 6) is -0.250. The van der Waals surface area contributed by atoms with E-state index in [1.54, 1.807) is 13.0 Å². The van der Waals surface area contributed by atoms with Crippen molar-refractivity contribution in [2.24, 2.45) is 11.8 Å². The van der Waals surface area contributed by atoms with Crippen LogP contribution in [-0.2, 0) is 4.74 Å². The Bertz CT molecular complexity index is 1250. The molecule has 178 valence electrons. The Labute approximate surface area is 198 Å².